The van der Waals surface area contributed by atoms with E-state index in [1.54, 1.807) is 6.92 Å². The molecule has 0 radical (unpaired) electrons. The smallest absolute Gasteiger partial charge is 0.332 e. The molecule has 0 aliphatic heterocycles. The van der Waals surface area contributed by atoms with Crippen molar-refractivity contribution in [2.75, 3.05) is 11.9 Å². The van der Waals surface area contributed by atoms with Crippen molar-refractivity contribution in [1.82, 2.24) is 9.97 Å². The van der Waals surface area contributed by atoms with E-state index < -0.39 is 17.9 Å². The maximum absolute atomic E-state index is 11.6. The number of carbonyl (C=O) groups excluding carboxylic acids is 2. The standard InChI is InChI=1S/C9H10Cl2N4O3/c1-2-18-9(17)5(12)8(16)15-7-4(10)6(11)13-3-14-7/h3,5H,2,12H2,1H3,(H,13,14,15,16). The van der Waals surface area contributed by atoms with Crippen LogP contribution in [0.1, 0.15) is 6.92 Å². The number of nitrogens with two attached hydrogens (primary N) is 1. The van der Waals surface area contributed by atoms with E-state index >= 15 is 0 Å². The average Bonchev–Trinajstić information content (AvgIpc) is 2.34. The Hall–Kier alpha value is -1.44. The van der Waals surface area contributed by atoms with Crippen molar-refractivity contribution in [3.63, 3.8) is 0 Å². The van der Waals surface area contributed by atoms with E-state index in [1.165, 1.54) is 0 Å². The molecule has 9 heteroatoms. The van der Waals surface area contributed by atoms with Crippen LogP contribution in [-0.2, 0) is 14.3 Å². The molecular formula is C9H10Cl2N4O3. The summed E-state index contributed by atoms with van der Waals surface area (Å²) in [4.78, 5) is 30.1. The molecule has 98 valence electrons. The molecule has 0 aliphatic rings. The zero-order valence-electron chi connectivity index (χ0n) is 9.31. The van der Waals surface area contributed by atoms with E-state index in [0.717, 1.165) is 6.33 Å². The summed E-state index contributed by atoms with van der Waals surface area (Å²) >= 11 is 11.4. The summed E-state index contributed by atoms with van der Waals surface area (Å²) in [5, 5.41) is 2.20. The molecule has 7 nitrogen and oxygen atoms in total. The fraction of sp³-hybridized carbons (Fsp3) is 0.333. The van der Waals surface area contributed by atoms with Crippen LogP contribution < -0.4 is 11.1 Å². The van der Waals surface area contributed by atoms with Gasteiger partial charge in [-0.3, -0.25) is 4.79 Å². The topological polar surface area (TPSA) is 107 Å². The second-order valence-corrected chi connectivity index (χ2v) is 3.78. The van der Waals surface area contributed by atoms with Crippen LogP contribution in [0.3, 0.4) is 0 Å². The molecule has 0 aromatic carbocycles. The van der Waals surface area contributed by atoms with Crippen LogP contribution in [0, 0.1) is 0 Å². The Labute approximate surface area is 113 Å². The fourth-order valence-electron chi connectivity index (χ4n) is 0.969. The van der Waals surface area contributed by atoms with Crippen molar-refractivity contribution in [1.29, 1.82) is 0 Å². The van der Waals surface area contributed by atoms with Gasteiger partial charge in [0.25, 0.3) is 5.91 Å². The molecule has 0 fully saturated rings. The van der Waals surface area contributed by atoms with Gasteiger partial charge in [0.1, 0.15) is 11.3 Å². The van der Waals surface area contributed by atoms with Crippen molar-refractivity contribution in [3.05, 3.63) is 16.5 Å². The zero-order valence-corrected chi connectivity index (χ0v) is 10.8. The van der Waals surface area contributed by atoms with Gasteiger partial charge >= 0.3 is 5.97 Å². The van der Waals surface area contributed by atoms with Gasteiger partial charge in [0.15, 0.2) is 17.0 Å². The van der Waals surface area contributed by atoms with Gasteiger partial charge in [-0.05, 0) is 6.92 Å². The molecule has 1 rings (SSSR count). The first kappa shape index (κ1) is 14.6. The van der Waals surface area contributed by atoms with Gasteiger partial charge in [-0.25, -0.2) is 14.8 Å². The highest BCUT2D eigenvalue weighted by Crippen LogP contribution is 2.25. The van der Waals surface area contributed by atoms with Crippen LogP contribution in [0.5, 0.6) is 0 Å². The maximum Gasteiger partial charge on any atom is 0.332 e. The SMILES string of the molecule is CCOC(=O)C(N)C(=O)Nc1ncnc(Cl)c1Cl. The van der Waals surface area contributed by atoms with Gasteiger partial charge < -0.3 is 15.8 Å². The van der Waals surface area contributed by atoms with Crippen LogP contribution in [0.25, 0.3) is 0 Å². The number of hydrogen-bond acceptors (Lipinski definition) is 6. The Bertz CT molecular complexity index is 469. The predicted octanol–water partition coefficient (Wildman–Crippen LogP) is 0.612. The van der Waals surface area contributed by atoms with E-state index in [0.29, 0.717) is 0 Å². The summed E-state index contributed by atoms with van der Waals surface area (Å²) in [6, 6.07) is -1.46. The lowest BCUT2D eigenvalue weighted by Gasteiger charge is -2.11. The highest BCUT2D eigenvalue weighted by Gasteiger charge is 2.24. The molecule has 0 saturated carbocycles. The Balaban J connectivity index is 2.75. The number of amides is 1. The predicted molar refractivity (Wildman–Crippen MR) is 65.3 cm³/mol. The third-order valence-electron chi connectivity index (χ3n) is 1.81. The quantitative estimate of drug-likeness (QED) is 0.478. The molecule has 3 N–H and O–H groups in total. The number of esters is 1. The van der Waals surface area contributed by atoms with Crippen molar-refractivity contribution >= 4 is 40.9 Å². The van der Waals surface area contributed by atoms with Gasteiger partial charge in [-0.2, -0.15) is 0 Å². The molecule has 0 bridgehead atoms. The summed E-state index contributed by atoms with van der Waals surface area (Å²) in [6.07, 6.45) is 1.11. The zero-order chi connectivity index (χ0) is 13.7. The van der Waals surface area contributed by atoms with Gasteiger partial charge in [0.05, 0.1) is 6.61 Å². The van der Waals surface area contributed by atoms with Gasteiger partial charge in [-0.1, -0.05) is 23.2 Å². The molecular weight excluding hydrogens is 283 g/mol. The molecule has 1 amide bonds. The normalized spacial score (nSPS) is 11.8. The molecule has 1 aromatic rings. The number of rotatable bonds is 4. The highest BCUT2D eigenvalue weighted by molar-refractivity contribution is 6.43. The van der Waals surface area contributed by atoms with Crippen LogP contribution in [0.4, 0.5) is 5.82 Å². The van der Waals surface area contributed by atoms with Crippen molar-refractivity contribution < 1.29 is 14.3 Å². The number of aromatic nitrogens is 2. The third-order valence-corrected chi connectivity index (χ3v) is 2.55. The molecule has 18 heavy (non-hydrogen) atoms. The summed E-state index contributed by atoms with van der Waals surface area (Å²) in [6.45, 7) is 1.73. The number of carbonyl (C=O) groups is 2. The first-order chi connectivity index (χ1) is 8.47. The minimum atomic E-state index is -1.46. The maximum atomic E-state index is 11.6. The Morgan fingerprint density at radius 3 is 2.78 bits per heavy atom. The second kappa shape index (κ2) is 6.48. The average molecular weight is 293 g/mol. The summed E-state index contributed by atoms with van der Waals surface area (Å²) in [5.41, 5.74) is 5.38. The lowest BCUT2D eigenvalue weighted by atomic mass is 10.3. The summed E-state index contributed by atoms with van der Waals surface area (Å²) < 4.78 is 4.60. The van der Waals surface area contributed by atoms with E-state index in [2.05, 4.69) is 20.0 Å². The Morgan fingerprint density at radius 1 is 1.50 bits per heavy atom. The number of halogens is 2. The molecule has 1 unspecified atom stereocenters. The van der Waals surface area contributed by atoms with Crippen molar-refractivity contribution in [3.8, 4) is 0 Å². The first-order valence-electron chi connectivity index (χ1n) is 4.86. The molecule has 0 spiro atoms. The van der Waals surface area contributed by atoms with Crippen molar-refractivity contribution in [2.45, 2.75) is 13.0 Å². The van der Waals surface area contributed by atoms with Crippen LogP contribution in [0.15, 0.2) is 6.33 Å². The Kier molecular flexibility index (Phi) is 5.26. The summed E-state index contributed by atoms with van der Waals surface area (Å²) in [5.74, 6) is -1.67. The van der Waals surface area contributed by atoms with Gasteiger partial charge in [0.2, 0.25) is 0 Å². The molecule has 0 aliphatic carbocycles. The first-order valence-corrected chi connectivity index (χ1v) is 5.62. The molecule has 1 heterocycles. The largest absolute Gasteiger partial charge is 0.464 e. The molecule has 1 atom stereocenters. The number of nitrogens with zero attached hydrogens (tertiary/aromatic N) is 2. The van der Waals surface area contributed by atoms with Crippen LogP contribution in [-0.4, -0.2) is 34.5 Å². The lowest BCUT2D eigenvalue weighted by Crippen LogP contribution is -2.43. The van der Waals surface area contributed by atoms with E-state index in [9.17, 15) is 9.59 Å². The number of anilines is 1. The Morgan fingerprint density at radius 2 is 2.17 bits per heavy atom. The van der Waals surface area contributed by atoms with Crippen LogP contribution in [0.2, 0.25) is 10.2 Å². The molecule has 0 saturated heterocycles. The highest BCUT2D eigenvalue weighted by atomic mass is 35.5. The molecule has 1 aromatic heterocycles. The monoisotopic (exact) mass is 292 g/mol. The fourth-order valence-corrected chi connectivity index (χ4v) is 1.25. The van der Waals surface area contributed by atoms with Gasteiger partial charge in [0, 0.05) is 0 Å². The summed E-state index contributed by atoms with van der Waals surface area (Å²) in [7, 11) is 0. The van der Waals surface area contributed by atoms with E-state index in [1.807, 2.05) is 0 Å². The van der Waals surface area contributed by atoms with Crippen LogP contribution >= 0.6 is 23.2 Å². The number of nitrogens with one attached hydrogen (secondary N) is 1. The third kappa shape index (κ3) is 3.52. The van der Waals surface area contributed by atoms with Gasteiger partial charge in [-0.15, -0.1) is 0 Å². The number of ether oxygens (including phenoxy) is 1. The van der Waals surface area contributed by atoms with E-state index in [-0.39, 0.29) is 22.6 Å². The van der Waals surface area contributed by atoms with E-state index in [4.69, 9.17) is 28.9 Å². The minimum absolute atomic E-state index is 0.0216. The second-order valence-electron chi connectivity index (χ2n) is 3.05. The number of hydrogen-bond donors (Lipinski definition) is 2. The lowest BCUT2D eigenvalue weighted by molar-refractivity contribution is -0.146. The minimum Gasteiger partial charge on any atom is -0.464 e. The van der Waals surface area contributed by atoms with Crippen molar-refractivity contribution in [2.24, 2.45) is 5.73 Å².